The first-order valence-corrected chi connectivity index (χ1v) is 8.81. The molecule has 1 amide bonds. The summed E-state index contributed by atoms with van der Waals surface area (Å²) in [4.78, 5) is 18.0. The van der Waals surface area contributed by atoms with Gasteiger partial charge in [0.15, 0.2) is 0 Å². The van der Waals surface area contributed by atoms with Gasteiger partial charge in [-0.3, -0.25) is 14.6 Å². The molecule has 1 aliphatic rings. The number of piperazine rings is 1. The van der Waals surface area contributed by atoms with E-state index in [1.807, 2.05) is 6.07 Å². The third-order valence-electron chi connectivity index (χ3n) is 4.07. The predicted molar refractivity (Wildman–Crippen MR) is 90.4 cm³/mol. The van der Waals surface area contributed by atoms with Crippen LogP contribution in [0.1, 0.15) is 11.8 Å². The molecule has 0 spiro atoms. The molecule has 1 fully saturated rings. The fourth-order valence-corrected chi connectivity index (χ4v) is 3.50. The summed E-state index contributed by atoms with van der Waals surface area (Å²) in [6.07, 6.45) is 0.921. The van der Waals surface area contributed by atoms with Gasteiger partial charge in [0.05, 0.1) is 13.2 Å². The topological polar surface area (TPSA) is 44.8 Å². The van der Waals surface area contributed by atoms with Crippen molar-refractivity contribution < 1.29 is 9.53 Å². The first-order chi connectivity index (χ1) is 10.7. The van der Waals surface area contributed by atoms with Crippen molar-refractivity contribution in [1.82, 2.24) is 15.1 Å². The van der Waals surface area contributed by atoms with Gasteiger partial charge in [-0.25, -0.2) is 0 Å². The number of carbonyl (C=O) groups is 1. The molecule has 1 aromatic rings. The molecule has 0 saturated carbocycles. The highest BCUT2D eigenvalue weighted by molar-refractivity contribution is 7.09. The Bertz CT molecular complexity index is 439. The second kappa shape index (κ2) is 9.25. The van der Waals surface area contributed by atoms with E-state index in [0.717, 1.165) is 45.8 Å². The van der Waals surface area contributed by atoms with E-state index in [-0.39, 0.29) is 5.91 Å². The molecule has 1 aromatic heterocycles. The van der Waals surface area contributed by atoms with E-state index in [1.165, 1.54) is 4.88 Å². The van der Waals surface area contributed by atoms with Crippen molar-refractivity contribution in [1.29, 1.82) is 0 Å². The Morgan fingerprint density at radius 3 is 3.05 bits per heavy atom. The van der Waals surface area contributed by atoms with Crippen molar-refractivity contribution in [3.8, 4) is 0 Å². The molecule has 6 heteroatoms. The van der Waals surface area contributed by atoms with Gasteiger partial charge in [0.2, 0.25) is 5.91 Å². The molecule has 0 bridgehead atoms. The molecule has 1 atom stereocenters. The number of carbonyl (C=O) groups excluding carboxylic acids is 1. The summed E-state index contributed by atoms with van der Waals surface area (Å²) in [7, 11) is 1.74. The highest BCUT2D eigenvalue weighted by atomic mass is 32.1. The van der Waals surface area contributed by atoms with Crippen LogP contribution in [-0.2, 0) is 16.0 Å². The maximum Gasteiger partial charge on any atom is 0.234 e. The quantitative estimate of drug-likeness (QED) is 0.776. The maximum absolute atomic E-state index is 12.0. The SMILES string of the molecule is COCCN1CCN(CC(=O)NCCc2cccs2)C[C@H]1C. The summed E-state index contributed by atoms with van der Waals surface area (Å²) < 4.78 is 5.14. The molecule has 0 radical (unpaired) electrons. The van der Waals surface area contributed by atoms with Gasteiger partial charge in [-0.2, -0.15) is 0 Å². The molecular weight excluding hydrogens is 298 g/mol. The van der Waals surface area contributed by atoms with Crippen LogP contribution in [0.15, 0.2) is 17.5 Å². The molecule has 5 nitrogen and oxygen atoms in total. The third kappa shape index (κ3) is 5.68. The zero-order valence-electron chi connectivity index (χ0n) is 13.6. The lowest BCUT2D eigenvalue weighted by Gasteiger charge is -2.39. The Balaban J connectivity index is 1.63. The Morgan fingerprint density at radius 2 is 2.36 bits per heavy atom. The van der Waals surface area contributed by atoms with Crippen molar-refractivity contribution in [2.45, 2.75) is 19.4 Å². The van der Waals surface area contributed by atoms with Gasteiger partial charge in [-0.05, 0) is 24.8 Å². The number of hydrogen-bond acceptors (Lipinski definition) is 5. The lowest BCUT2D eigenvalue weighted by Crippen LogP contribution is -2.54. The Labute approximate surface area is 137 Å². The molecule has 1 N–H and O–H groups in total. The van der Waals surface area contributed by atoms with Crippen LogP contribution in [0.4, 0.5) is 0 Å². The van der Waals surface area contributed by atoms with Gasteiger partial charge in [-0.1, -0.05) is 6.07 Å². The monoisotopic (exact) mass is 325 g/mol. The van der Waals surface area contributed by atoms with Crippen molar-refractivity contribution in [3.05, 3.63) is 22.4 Å². The highest BCUT2D eigenvalue weighted by Crippen LogP contribution is 2.09. The van der Waals surface area contributed by atoms with Gasteiger partial charge in [-0.15, -0.1) is 11.3 Å². The molecule has 1 saturated heterocycles. The number of rotatable bonds is 8. The lowest BCUT2D eigenvalue weighted by molar-refractivity contribution is -0.122. The molecule has 0 aromatic carbocycles. The molecule has 0 aliphatic carbocycles. The largest absolute Gasteiger partial charge is 0.383 e. The number of nitrogens with one attached hydrogen (secondary N) is 1. The minimum atomic E-state index is 0.133. The fourth-order valence-electron chi connectivity index (χ4n) is 2.79. The second-order valence-corrected chi connectivity index (χ2v) is 6.82. The van der Waals surface area contributed by atoms with Gasteiger partial charge in [0.25, 0.3) is 0 Å². The zero-order chi connectivity index (χ0) is 15.8. The minimum absolute atomic E-state index is 0.133. The maximum atomic E-state index is 12.0. The van der Waals surface area contributed by atoms with Gasteiger partial charge >= 0.3 is 0 Å². The summed E-state index contributed by atoms with van der Waals surface area (Å²) in [5, 5.41) is 5.09. The van der Waals surface area contributed by atoms with Crippen LogP contribution >= 0.6 is 11.3 Å². The molecule has 2 heterocycles. The van der Waals surface area contributed by atoms with Crippen molar-refractivity contribution >= 4 is 17.2 Å². The summed E-state index contributed by atoms with van der Waals surface area (Å²) in [5.41, 5.74) is 0. The van der Waals surface area contributed by atoms with Gasteiger partial charge in [0, 0.05) is 50.8 Å². The van der Waals surface area contributed by atoms with Crippen molar-refractivity contribution in [2.75, 3.05) is 53.0 Å². The normalized spacial score (nSPS) is 20.2. The van der Waals surface area contributed by atoms with Crippen LogP contribution in [0.5, 0.6) is 0 Å². The summed E-state index contributed by atoms with van der Waals surface area (Å²) in [6, 6.07) is 4.63. The average molecular weight is 325 g/mol. The van der Waals surface area contributed by atoms with E-state index >= 15 is 0 Å². The van der Waals surface area contributed by atoms with E-state index in [0.29, 0.717) is 12.6 Å². The van der Waals surface area contributed by atoms with E-state index < -0.39 is 0 Å². The first-order valence-electron chi connectivity index (χ1n) is 7.93. The van der Waals surface area contributed by atoms with Crippen LogP contribution in [0.3, 0.4) is 0 Å². The van der Waals surface area contributed by atoms with Crippen molar-refractivity contribution in [3.63, 3.8) is 0 Å². The number of methoxy groups -OCH3 is 1. The van der Waals surface area contributed by atoms with E-state index in [2.05, 4.69) is 33.5 Å². The predicted octanol–water partition coefficient (Wildman–Crippen LogP) is 1.06. The highest BCUT2D eigenvalue weighted by Gasteiger charge is 2.24. The first kappa shape index (κ1) is 17.4. The van der Waals surface area contributed by atoms with Crippen LogP contribution in [0.2, 0.25) is 0 Å². The van der Waals surface area contributed by atoms with Crippen molar-refractivity contribution in [2.24, 2.45) is 0 Å². The smallest absolute Gasteiger partial charge is 0.234 e. The summed E-state index contributed by atoms with van der Waals surface area (Å²) in [6.45, 7) is 8.10. The van der Waals surface area contributed by atoms with Gasteiger partial charge in [0.1, 0.15) is 0 Å². The molecule has 22 heavy (non-hydrogen) atoms. The standard InChI is InChI=1S/C16H27N3O2S/c1-14-12-18(7-8-19(14)9-10-21-2)13-16(20)17-6-5-15-4-3-11-22-15/h3-4,11,14H,5-10,12-13H2,1-2H3,(H,17,20)/t14-/m1/s1. The summed E-state index contributed by atoms with van der Waals surface area (Å²) in [5.74, 6) is 0.133. The zero-order valence-corrected chi connectivity index (χ0v) is 14.4. The molecule has 1 aliphatic heterocycles. The molecule has 2 rings (SSSR count). The Morgan fingerprint density at radius 1 is 1.50 bits per heavy atom. The summed E-state index contributed by atoms with van der Waals surface area (Å²) >= 11 is 1.74. The van der Waals surface area contributed by atoms with Gasteiger partial charge < -0.3 is 10.1 Å². The Kier molecular flexibility index (Phi) is 7.32. The van der Waals surface area contributed by atoms with Crippen LogP contribution < -0.4 is 5.32 Å². The van der Waals surface area contributed by atoms with E-state index in [4.69, 9.17) is 4.74 Å². The number of hydrogen-bond donors (Lipinski definition) is 1. The van der Waals surface area contributed by atoms with Crippen LogP contribution in [-0.4, -0.2) is 74.7 Å². The fraction of sp³-hybridized carbons (Fsp3) is 0.688. The van der Waals surface area contributed by atoms with E-state index in [9.17, 15) is 4.79 Å². The average Bonchev–Trinajstić information content (AvgIpc) is 3.00. The molecular formula is C16H27N3O2S. The molecule has 124 valence electrons. The lowest BCUT2D eigenvalue weighted by atomic mass is 10.2. The number of thiophene rings is 1. The third-order valence-corrected chi connectivity index (χ3v) is 5.01. The molecule has 0 unspecified atom stereocenters. The number of ether oxygens (including phenoxy) is 1. The number of nitrogens with zero attached hydrogens (tertiary/aromatic N) is 2. The number of amides is 1. The van der Waals surface area contributed by atoms with E-state index in [1.54, 1.807) is 18.4 Å². The second-order valence-electron chi connectivity index (χ2n) is 5.79. The van der Waals surface area contributed by atoms with Crippen LogP contribution in [0, 0.1) is 0 Å². The Hall–Kier alpha value is -0.950. The van der Waals surface area contributed by atoms with Crippen LogP contribution in [0.25, 0.3) is 0 Å². The minimum Gasteiger partial charge on any atom is -0.383 e.